The molecule has 1 nitrogen and oxygen atoms in total. The Kier molecular flexibility index (Phi) is 8.27. The van der Waals surface area contributed by atoms with Gasteiger partial charge in [-0.3, -0.25) is 0 Å². The topological polar surface area (TPSA) is 9.23 Å². The molecule has 37 heavy (non-hydrogen) atoms. The zero-order chi connectivity index (χ0) is 26.4. The molecular weight excluding hydrogens is 483 g/mol. The minimum absolute atomic E-state index is 0.133. The van der Waals surface area contributed by atoms with Gasteiger partial charge in [-0.25, -0.2) is 8.78 Å². The second-order valence-electron chi connectivity index (χ2n) is 8.94. The first-order chi connectivity index (χ1) is 17.7. The van der Waals surface area contributed by atoms with Crippen molar-refractivity contribution in [1.82, 2.24) is 0 Å². The number of fused-ring (bicyclic) bond motifs is 1. The fraction of sp³-hybridized carbons (Fsp3) is 0.226. The molecule has 0 saturated carbocycles. The van der Waals surface area contributed by atoms with Crippen LogP contribution in [0.25, 0.3) is 21.9 Å². The van der Waals surface area contributed by atoms with Crippen molar-refractivity contribution in [2.24, 2.45) is 0 Å². The summed E-state index contributed by atoms with van der Waals surface area (Å²) in [5, 5.41) is 1.14. The molecule has 6 heteroatoms. The quantitative estimate of drug-likeness (QED) is 0.161. The van der Waals surface area contributed by atoms with Gasteiger partial charge in [0.15, 0.2) is 6.61 Å². The lowest BCUT2D eigenvalue weighted by Gasteiger charge is -2.11. The lowest BCUT2D eigenvalue weighted by Crippen LogP contribution is -2.19. The fourth-order valence-electron chi connectivity index (χ4n) is 4.26. The highest BCUT2D eigenvalue weighted by Crippen LogP contribution is 2.30. The lowest BCUT2D eigenvalue weighted by molar-refractivity contribution is -0.153. The molecule has 0 atom stereocenters. The van der Waals surface area contributed by atoms with Gasteiger partial charge < -0.3 is 4.74 Å². The van der Waals surface area contributed by atoms with Crippen molar-refractivity contribution >= 4 is 10.8 Å². The predicted octanol–water partition coefficient (Wildman–Crippen LogP) is 9.02. The van der Waals surface area contributed by atoms with Crippen LogP contribution >= 0.6 is 0 Å². The molecule has 0 fully saturated rings. The highest BCUT2D eigenvalue weighted by Gasteiger charge is 2.28. The summed E-state index contributed by atoms with van der Waals surface area (Å²) in [4.78, 5) is 0. The zero-order valence-corrected chi connectivity index (χ0v) is 20.4. The van der Waals surface area contributed by atoms with E-state index in [1.165, 1.54) is 12.1 Å². The number of benzene rings is 4. The molecule has 0 N–H and O–H groups in total. The Bertz CT molecular complexity index is 1390. The second kappa shape index (κ2) is 11.6. The maximum atomic E-state index is 15.3. The second-order valence-corrected chi connectivity index (χ2v) is 8.94. The number of aryl methyl sites for hydroxylation is 3. The first-order valence-corrected chi connectivity index (χ1v) is 12.1. The number of halogens is 5. The Balaban J connectivity index is 1.45. The van der Waals surface area contributed by atoms with E-state index >= 15 is 4.39 Å². The van der Waals surface area contributed by atoms with Crippen LogP contribution in [-0.4, -0.2) is 12.8 Å². The van der Waals surface area contributed by atoms with E-state index in [1.807, 2.05) is 31.2 Å². The molecule has 0 spiro atoms. The van der Waals surface area contributed by atoms with Crippen molar-refractivity contribution < 1.29 is 26.7 Å². The highest BCUT2D eigenvalue weighted by atomic mass is 19.4. The van der Waals surface area contributed by atoms with E-state index in [2.05, 4.69) is 0 Å². The maximum Gasteiger partial charge on any atom is 0.422 e. The third kappa shape index (κ3) is 6.97. The molecule has 0 unspecified atom stereocenters. The van der Waals surface area contributed by atoms with Crippen LogP contribution in [0.5, 0.6) is 5.75 Å². The molecule has 0 heterocycles. The Morgan fingerprint density at radius 3 is 2.24 bits per heavy atom. The van der Waals surface area contributed by atoms with Crippen molar-refractivity contribution in [2.45, 2.75) is 38.8 Å². The number of hydrogen-bond donors (Lipinski definition) is 0. The Morgan fingerprint density at radius 1 is 0.784 bits per heavy atom. The lowest BCUT2D eigenvalue weighted by atomic mass is 9.96. The summed E-state index contributed by atoms with van der Waals surface area (Å²) in [7, 11) is 0. The summed E-state index contributed by atoms with van der Waals surface area (Å²) in [6.07, 6.45) is 2.20. The van der Waals surface area contributed by atoms with Crippen LogP contribution in [0.15, 0.2) is 84.9 Å². The van der Waals surface area contributed by atoms with Crippen LogP contribution in [0.3, 0.4) is 0 Å². The number of ether oxygens (including phenoxy) is 1. The summed E-state index contributed by atoms with van der Waals surface area (Å²) >= 11 is 0. The van der Waals surface area contributed by atoms with Crippen molar-refractivity contribution in [1.29, 1.82) is 0 Å². The third-order valence-electron chi connectivity index (χ3n) is 6.22. The Labute approximate surface area is 213 Å². The van der Waals surface area contributed by atoms with Crippen LogP contribution in [0.4, 0.5) is 22.0 Å². The van der Waals surface area contributed by atoms with Gasteiger partial charge >= 0.3 is 6.18 Å². The first-order valence-electron chi connectivity index (χ1n) is 12.1. The molecule has 0 aliphatic rings. The van der Waals surface area contributed by atoms with E-state index in [1.54, 1.807) is 48.5 Å². The van der Waals surface area contributed by atoms with E-state index in [0.29, 0.717) is 40.3 Å². The molecule has 192 valence electrons. The van der Waals surface area contributed by atoms with E-state index in [0.717, 1.165) is 24.0 Å². The summed E-state index contributed by atoms with van der Waals surface area (Å²) in [5.41, 5.74) is 3.49. The molecule has 0 bridgehead atoms. The van der Waals surface area contributed by atoms with Crippen molar-refractivity contribution in [3.8, 4) is 16.9 Å². The smallest absolute Gasteiger partial charge is 0.422 e. The van der Waals surface area contributed by atoms with Crippen LogP contribution in [0.1, 0.15) is 30.0 Å². The normalized spacial score (nSPS) is 11.9. The number of hydrogen-bond acceptors (Lipinski definition) is 1. The minimum Gasteiger partial charge on any atom is -0.484 e. The van der Waals surface area contributed by atoms with Crippen LogP contribution in [-0.2, 0) is 19.3 Å². The third-order valence-corrected chi connectivity index (χ3v) is 6.22. The van der Waals surface area contributed by atoms with Crippen molar-refractivity contribution in [3.05, 3.63) is 113 Å². The van der Waals surface area contributed by atoms with Crippen LogP contribution in [0.2, 0.25) is 0 Å². The monoisotopic (exact) mass is 510 g/mol. The molecule has 4 rings (SSSR count). The number of allylic oxidation sites excluding steroid dienone is 2. The molecule has 0 amide bonds. The average molecular weight is 511 g/mol. The standard InChI is InChI=1S/C31H27F5O/c1-2-3-4-5-22-9-16-27(29(32)18-22)24-13-17-28-25(19-24)12-11-23(30(28)33)10-6-21-7-14-26(15-8-21)37-20-31(34,35)36/h2-3,7-9,11-19H,4-6,10,20H2,1H3/b3-2+. The summed E-state index contributed by atoms with van der Waals surface area (Å²) in [6.45, 7) is 0.614. The van der Waals surface area contributed by atoms with Gasteiger partial charge in [-0.1, -0.05) is 60.7 Å². The largest absolute Gasteiger partial charge is 0.484 e. The van der Waals surface area contributed by atoms with E-state index < -0.39 is 12.8 Å². The highest BCUT2D eigenvalue weighted by molar-refractivity contribution is 5.88. The summed E-state index contributed by atoms with van der Waals surface area (Å²) in [6, 6.07) is 20.3. The molecule has 0 saturated heterocycles. The van der Waals surface area contributed by atoms with E-state index in [-0.39, 0.29) is 17.4 Å². The fourth-order valence-corrected chi connectivity index (χ4v) is 4.26. The van der Waals surface area contributed by atoms with E-state index in [4.69, 9.17) is 4.74 Å². The molecule has 0 radical (unpaired) electrons. The maximum absolute atomic E-state index is 15.3. The summed E-state index contributed by atoms with van der Waals surface area (Å²) < 4.78 is 71.7. The predicted molar refractivity (Wildman–Crippen MR) is 138 cm³/mol. The van der Waals surface area contributed by atoms with Gasteiger partial charge in [0.25, 0.3) is 0 Å². The Morgan fingerprint density at radius 2 is 1.54 bits per heavy atom. The van der Waals surface area contributed by atoms with Gasteiger partial charge in [-0.05, 0) is 84.5 Å². The van der Waals surface area contributed by atoms with Crippen LogP contribution in [0, 0.1) is 11.6 Å². The number of alkyl halides is 3. The Hall–Kier alpha value is -3.67. The van der Waals surface area contributed by atoms with Gasteiger partial charge in [0.1, 0.15) is 17.4 Å². The minimum atomic E-state index is -4.39. The molecule has 0 aromatic heterocycles. The van der Waals surface area contributed by atoms with Gasteiger partial charge in [0.2, 0.25) is 0 Å². The van der Waals surface area contributed by atoms with E-state index in [9.17, 15) is 17.6 Å². The molecule has 0 aliphatic carbocycles. The average Bonchev–Trinajstić information content (AvgIpc) is 2.87. The zero-order valence-electron chi connectivity index (χ0n) is 20.4. The first kappa shape index (κ1) is 26.4. The van der Waals surface area contributed by atoms with Crippen LogP contribution < -0.4 is 4.74 Å². The van der Waals surface area contributed by atoms with Crippen molar-refractivity contribution in [2.75, 3.05) is 6.61 Å². The molecule has 4 aromatic rings. The summed E-state index contributed by atoms with van der Waals surface area (Å²) in [5.74, 6) is -0.494. The number of rotatable bonds is 9. The van der Waals surface area contributed by atoms with Gasteiger partial charge in [-0.2, -0.15) is 13.2 Å². The SMILES string of the molecule is C/C=C/CCc1ccc(-c2ccc3c(F)c(CCc4ccc(OCC(F)(F)F)cc4)ccc3c2)c(F)c1. The van der Waals surface area contributed by atoms with Gasteiger partial charge in [0, 0.05) is 10.9 Å². The van der Waals surface area contributed by atoms with Gasteiger partial charge in [-0.15, -0.1) is 0 Å². The molecular formula is C31H27F5O. The van der Waals surface area contributed by atoms with Gasteiger partial charge in [0.05, 0.1) is 0 Å². The van der Waals surface area contributed by atoms with Crippen molar-refractivity contribution in [3.63, 3.8) is 0 Å². The molecule has 0 aliphatic heterocycles. The molecule has 4 aromatic carbocycles.